The van der Waals surface area contributed by atoms with Crippen LogP contribution in [0.25, 0.3) is 11.3 Å². The zero-order chi connectivity index (χ0) is 18.5. The predicted octanol–water partition coefficient (Wildman–Crippen LogP) is 3.51. The van der Waals surface area contributed by atoms with Gasteiger partial charge in [-0.2, -0.15) is 15.0 Å². The molecule has 6 heteroatoms. The van der Waals surface area contributed by atoms with Crippen LogP contribution in [0.4, 0.5) is 0 Å². The van der Waals surface area contributed by atoms with Crippen LogP contribution in [0.2, 0.25) is 0 Å². The number of nitrogens with one attached hydrogen (secondary N) is 1. The summed E-state index contributed by atoms with van der Waals surface area (Å²) in [5.74, 6) is -0.915. The molecule has 2 aromatic carbocycles. The Morgan fingerprint density at radius 2 is 1.73 bits per heavy atom. The molecule has 0 aliphatic carbocycles. The van der Waals surface area contributed by atoms with Crippen LogP contribution in [0.3, 0.4) is 0 Å². The third kappa shape index (κ3) is 4.15. The lowest BCUT2D eigenvalue weighted by Crippen LogP contribution is -2.14. The molecular formula is C20H22N4O2. The van der Waals surface area contributed by atoms with Crippen LogP contribution in [0, 0.1) is 0 Å². The van der Waals surface area contributed by atoms with E-state index in [-0.39, 0.29) is 6.04 Å². The molecule has 3 aromatic rings. The second-order valence-electron chi connectivity index (χ2n) is 6.38. The monoisotopic (exact) mass is 350 g/mol. The molecule has 0 saturated heterocycles. The number of hydrogen-bond acceptors (Lipinski definition) is 4. The van der Waals surface area contributed by atoms with E-state index in [1.165, 1.54) is 0 Å². The minimum atomic E-state index is -0.915. The molecule has 1 heterocycles. The molecule has 0 bridgehead atoms. The van der Waals surface area contributed by atoms with Gasteiger partial charge in [-0.3, -0.25) is 0 Å². The van der Waals surface area contributed by atoms with Gasteiger partial charge in [0.2, 0.25) is 0 Å². The quantitative estimate of drug-likeness (QED) is 0.681. The molecule has 0 aliphatic rings. The minimum Gasteiger partial charge on any atom is -0.478 e. The molecule has 2 N–H and O–H groups in total. The third-order valence-electron chi connectivity index (χ3n) is 4.03. The standard InChI is InChI=1S/C20H22N4O2/c1-14(2)24-22-18(19(23-24)16-6-4-3-5-7-16)13-21-12-15-8-10-17(11-9-15)20(25)26/h3-11,14,21H,12-13H2,1-2H3,(H,25,26). The van der Waals surface area contributed by atoms with Gasteiger partial charge >= 0.3 is 5.97 Å². The van der Waals surface area contributed by atoms with E-state index < -0.39 is 5.97 Å². The Balaban J connectivity index is 1.72. The summed E-state index contributed by atoms with van der Waals surface area (Å²) in [4.78, 5) is 12.6. The Hall–Kier alpha value is -2.99. The molecule has 0 aliphatic heterocycles. The normalized spacial score (nSPS) is 11.0. The van der Waals surface area contributed by atoms with Crippen molar-refractivity contribution in [3.8, 4) is 11.3 Å². The summed E-state index contributed by atoms with van der Waals surface area (Å²) < 4.78 is 0. The number of carbonyl (C=O) groups is 1. The molecule has 0 spiro atoms. The number of aromatic carboxylic acids is 1. The average Bonchev–Trinajstić information content (AvgIpc) is 3.07. The number of nitrogens with zero attached hydrogens (tertiary/aromatic N) is 3. The van der Waals surface area contributed by atoms with Gasteiger partial charge in [-0.1, -0.05) is 42.5 Å². The van der Waals surface area contributed by atoms with E-state index in [0.29, 0.717) is 18.7 Å². The minimum absolute atomic E-state index is 0.190. The molecule has 3 rings (SSSR count). The summed E-state index contributed by atoms with van der Waals surface area (Å²) in [7, 11) is 0. The summed E-state index contributed by atoms with van der Waals surface area (Å²) >= 11 is 0. The smallest absolute Gasteiger partial charge is 0.335 e. The lowest BCUT2D eigenvalue weighted by molar-refractivity contribution is 0.0697. The topological polar surface area (TPSA) is 80.0 Å². The van der Waals surface area contributed by atoms with E-state index in [0.717, 1.165) is 22.5 Å². The SMILES string of the molecule is CC(C)n1nc(CNCc2ccc(C(=O)O)cc2)c(-c2ccccc2)n1. The Kier molecular flexibility index (Phi) is 5.43. The Labute approximate surface area is 152 Å². The van der Waals surface area contributed by atoms with Crippen molar-refractivity contribution < 1.29 is 9.90 Å². The maximum Gasteiger partial charge on any atom is 0.335 e. The maximum absolute atomic E-state index is 10.9. The largest absolute Gasteiger partial charge is 0.478 e. The van der Waals surface area contributed by atoms with Gasteiger partial charge in [-0.15, -0.1) is 0 Å². The Morgan fingerprint density at radius 3 is 2.35 bits per heavy atom. The number of carboxylic acids is 1. The van der Waals surface area contributed by atoms with Crippen molar-refractivity contribution in [2.75, 3.05) is 0 Å². The molecule has 0 saturated carbocycles. The molecule has 0 atom stereocenters. The first-order chi connectivity index (χ1) is 12.5. The van der Waals surface area contributed by atoms with Gasteiger partial charge in [0.15, 0.2) is 0 Å². The maximum atomic E-state index is 10.9. The zero-order valence-corrected chi connectivity index (χ0v) is 14.9. The van der Waals surface area contributed by atoms with Crippen LogP contribution in [0.1, 0.15) is 41.5 Å². The van der Waals surface area contributed by atoms with Gasteiger partial charge in [-0.25, -0.2) is 4.79 Å². The van der Waals surface area contributed by atoms with Gasteiger partial charge in [-0.05, 0) is 31.5 Å². The fourth-order valence-electron chi connectivity index (χ4n) is 2.61. The van der Waals surface area contributed by atoms with Crippen molar-refractivity contribution in [1.29, 1.82) is 0 Å². The highest BCUT2D eigenvalue weighted by molar-refractivity contribution is 5.87. The van der Waals surface area contributed by atoms with Crippen molar-refractivity contribution in [2.45, 2.75) is 33.0 Å². The predicted molar refractivity (Wildman–Crippen MR) is 99.8 cm³/mol. The summed E-state index contributed by atoms with van der Waals surface area (Å²) in [6.45, 7) is 5.31. The van der Waals surface area contributed by atoms with Crippen molar-refractivity contribution in [1.82, 2.24) is 20.3 Å². The van der Waals surface area contributed by atoms with Crippen molar-refractivity contribution in [3.05, 3.63) is 71.4 Å². The first kappa shape index (κ1) is 17.8. The fourth-order valence-corrected chi connectivity index (χ4v) is 2.61. The molecule has 0 radical (unpaired) electrons. The Morgan fingerprint density at radius 1 is 1.04 bits per heavy atom. The van der Waals surface area contributed by atoms with E-state index in [1.807, 2.05) is 42.5 Å². The Bertz CT molecular complexity index is 871. The fraction of sp³-hybridized carbons (Fsp3) is 0.250. The number of hydrogen-bond donors (Lipinski definition) is 2. The van der Waals surface area contributed by atoms with E-state index in [9.17, 15) is 4.79 Å². The number of rotatable bonds is 7. The summed E-state index contributed by atoms with van der Waals surface area (Å²) in [5.41, 5.74) is 4.13. The van der Waals surface area contributed by atoms with E-state index in [4.69, 9.17) is 5.11 Å². The third-order valence-corrected chi connectivity index (χ3v) is 4.03. The first-order valence-corrected chi connectivity index (χ1v) is 8.58. The van der Waals surface area contributed by atoms with Crippen molar-refractivity contribution >= 4 is 5.97 Å². The van der Waals surface area contributed by atoms with Crippen molar-refractivity contribution in [3.63, 3.8) is 0 Å². The molecule has 0 fully saturated rings. The van der Waals surface area contributed by atoms with Gasteiger partial charge in [0.1, 0.15) is 11.4 Å². The lowest BCUT2D eigenvalue weighted by Gasteiger charge is -2.05. The molecule has 6 nitrogen and oxygen atoms in total. The van der Waals surface area contributed by atoms with Crippen LogP contribution in [-0.2, 0) is 13.1 Å². The first-order valence-electron chi connectivity index (χ1n) is 8.58. The number of carboxylic acid groups (broad SMARTS) is 1. The van der Waals surface area contributed by atoms with E-state index in [1.54, 1.807) is 16.9 Å². The van der Waals surface area contributed by atoms with Crippen molar-refractivity contribution in [2.24, 2.45) is 0 Å². The van der Waals surface area contributed by atoms with Crippen LogP contribution in [0.15, 0.2) is 54.6 Å². The van der Waals surface area contributed by atoms with Crippen LogP contribution in [-0.4, -0.2) is 26.1 Å². The second-order valence-corrected chi connectivity index (χ2v) is 6.38. The molecule has 0 unspecified atom stereocenters. The highest BCUT2D eigenvalue weighted by Crippen LogP contribution is 2.21. The number of benzene rings is 2. The summed E-state index contributed by atoms with van der Waals surface area (Å²) in [5, 5.41) is 21.6. The second kappa shape index (κ2) is 7.93. The van der Waals surface area contributed by atoms with Crippen LogP contribution < -0.4 is 5.32 Å². The summed E-state index contributed by atoms with van der Waals surface area (Å²) in [6, 6.07) is 17.1. The molecule has 26 heavy (non-hydrogen) atoms. The van der Waals surface area contributed by atoms with Crippen LogP contribution >= 0.6 is 0 Å². The van der Waals surface area contributed by atoms with Gasteiger partial charge < -0.3 is 10.4 Å². The molecule has 0 amide bonds. The lowest BCUT2D eigenvalue weighted by atomic mass is 10.1. The average molecular weight is 350 g/mol. The van der Waals surface area contributed by atoms with Gasteiger partial charge in [0.05, 0.1) is 11.6 Å². The zero-order valence-electron chi connectivity index (χ0n) is 14.9. The number of aromatic nitrogens is 3. The van der Waals surface area contributed by atoms with E-state index >= 15 is 0 Å². The molecule has 134 valence electrons. The molecule has 1 aromatic heterocycles. The van der Waals surface area contributed by atoms with Crippen LogP contribution in [0.5, 0.6) is 0 Å². The highest BCUT2D eigenvalue weighted by Gasteiger charge is 2.14. The van der Waals surface area contributed by atoms with E-state index in [2.05, 4.69) is 29.4 Å². The molecular weight excluding hydrogens is 328 g/mol. The van der Waals surface area contributed by atoms with Gasteiger partial charge in [0.25, 0.3) is 0 Å². The highest BCUT2D eigenvalue weighted by atomic mass is 16.4. The summed E-state index contributed by atoms with van der Waals surface area (Å²) in [6.07, 6.45) is 0. The van der Waals surface area contributed by atoms with Gasteiger partial charge in [0, 0.05) is 18.7 Å².